The molecule has 0 N–H and O–H groups in total. The normalized spacial score (nSPS) is 12.4. The molecule has 90 valence electrons. The van der Waals surface area contributed by atoms with Gasteiger partial charge in [-0.1, -0.05) is 11.6 Å². The standard InChI is InChI=1S/C8H10ClO5PS/c1-12-15(11)14-5-6(10)4-13-7-2-3-16-8(7)9/h2-3,15H,4-5H2,1H3. The van der Waals surface area contributed by atoms with Crippen LogP contribution >= 0.6 is 31.2 Å². The first kappa shape index (κ1) is 13.7. The van der Waals surface area contributed by atoms with Gasteiger partial charge in [0.15, 0.2) is 5.78 Å². The Balaban J connectivity index is 2.25. The van der Waals surface area contributed by atoms with E-state index in [9.17, 15) is 9.36 Å². The van der Waals surface area contributed by atoms with Crippen LogP contribution in [0.3, 0.4) is 0 Å². The topological polar surface area (TPSA) is 61.8 Å². The van der Waals surface area contributed by atoms with Crippen LogP contribution in [0.4, 0.5) is 0 Å². The van der Waals surface area contributed by atoms with Gasteiger partial charge in [-0.2, -0.15) is 0 Å². The molecule has 0 saturated heterocycles. The molecule has 5 nitrogen and oxygen atoms in total. The first-order valence-electron chi connectivity index (χ1n) is 4.21. The van der Waals surface area contributed by atoms with E-state index in [1.807, 2.05) is 0 Å². The minimum absolute atomic E-state index is 0.171. The molecule has 1 aromatic heterocycles. The van der Waals surface area contributed by atoms with Gasteiger partial charge in [0, 0.05) is 7.11 Å². The lowest BCUT2D eigenvalue weighted by Gasteiger charge is -2.04. The Morgan fingerprint density at radius 3 is 2.88 bits per heavy atom. The zero-order valence-corrected chi connectivity index (χ0v) is 11.0. The molecular formula is C8H10ClO5PS. The summed E-state index contributed by atoms with van der Waals surface area (Å²) < 4.78 is 25.3. The van der Waals surface area contributed by atoms with E-state index in [1.54, 1.807) is 11.4 Å². The van der Waals surface area contributed by atoms with Gasteiger partial charge in [0.25, 0.3) is 0 Å². The summed E-state index contributed by atoms with van der Waals surface area (Å²) in [6, 6.07) is 1.67. The lowest BCUT2D eigenvalue weighted by molar-refractivity contribution is -0.123. The van der Waals surface area contributed by atoms with Crippen molar-refractivity contribution in [2.45, 2.75) is 0 Å². The molecule has 0 amide bonds. The summed E-state index contributed by atoms with van der Waals surface area (Å²) in [7, 11) is -1.31. The van der Waals surface area contributed by atoms with Gasteiger partial charge in [0.05, 0.1) is 0 Å². The Morgan fingerprint density at radius 2 is 2.31 bits per heavy atom. The fraction of sp³-hybridized carbons (Fsp3) is 0.375. The highest BCUT2D eigenvalue weighted by Crippen LogP contribution is 2.29. The van der Waals surface area contributed by atoms with Gasteiger partial charge in [0.2, 0.25) is 0 Å². The average Bonchev–Trinajstić information content (AvgIpc) is 2.69. The van der Waals surface area contributed by atoms with Gasteiger partial charge < -0.3 is 13.8 Å². The number of hydrogen-bond donors (Lipinski definition) is 0. The van der Waals surface area contributed by atoms with E-state index in [0.29, 0.717) is 10.1 Å². The van der Waals surface area contributed by atoms with Gasteiger partial charge >= 0.3 is 8.25 Å². The maximum absolute atomic E-state index is 11.2. The van der Waals surface area contributed by atoms with Crippen molar-refractivity contribution >= 4 is 37.0 Å². The average molecular weight is 285 g/mol. The lowest BCUT2D eigenvalue weighted by atomic mass is 10.4. The van der Waals surface area contributed by atoms with Gasteiger partial charge in [-0.05, 0) is 11.4 Å². The minimum atomic E-state index is -2.55. The molecule has 1 rings (SSSR count). The molecule has 1 heterocycles. The Hall–Kier alpha value is -0.390. The van der Waals surface area contributed by atoms with Gasteiger partial charge in [-0.15, -0.1) is 11.3 Å². The second-order valence-corrected chi connectivity index (χ2v) is 5.34. The minimum Gasteiger partial charge on any atom is -0.483 e. The second kappa shape index (κ2) is 7.04. The number of Topliss-reactive ketones (excluding diaryl/α,β-unsaturated/α-hetero) is 1. The van der Waals surface area contributed by atoms with E-state index in [4.69, 9.17) is 16.3 Å². The first-order chi connectivity index (χ1) is 7.63. The highest BCUT2D eigenvalue weighted by molar-refractivity contribution is 7.33. The van der Waals surface area contributed by atoms with Crippen LogP contribution in [0.1, 0.15) is 0 Å². The van der Waals surface area contributed by atoms with Crippen molar-refractivity contribution in [2.24, 2.45) is 0 Å². The molecular weight excluding hydrogens is 275 g/mol. The predicted molar refractivity (Wildman–Crippen MR) is 61.8 cm³/mol. The molecule has 8 heteroatoms. The number of carbonyl (C=O) groups is 1. The number of halogens is 1. The van der Waals surface area contributed by atoms with Crippen molar-refractivity contribution in [3.05, 3.63) is 15.8 Å². The third-order valence-corrected chi connectivity index (χ3v) is 3.34. The van der Waals surface area contributed by atoms with Crippen LogP contribution in [-0.4, -0.2) is 26.1 Å². The molecule has 0 bridgehead atoms. The Kier molecular flexibility index (Phi) is 6.01. The van der Waals surface area contributed by atoms with E-state index in [0.717, 1.165) is 0 Å². The number of rotatable bonds is 7. The Labute approximate surface area is 102 Å². The zero-order valence-electron chi connectivity index (χ0n) is 8.40. The fourth-order valence-corrected chi connectivity index (χ4v) is 2.01. The van der Waals surface area contributed by atoms with Crippen molar-refractivity contribution in [3.63, 3.8) is 0 Å². The molecule has 0 fully saturated rings. The third kappa shape index (κ3) is 4.63. The van der Waals surface area contributed by atoms with Crippen LogP contribution in [-0.2, 0) is 18.4 Å². The molecule has 0 saturated carbocycles. The lowest BCUT2D eigenvalue weighted by Crippen LogP contribution is -2.15. The third-order valence-electron chi connectivity index (χ3n) is 1.49. The maximum atomic E-state index is 11.2. The van der Waals surface area contributed by atoms with Gasteiger partial charge in [-0.25, -0.2) is 0 Å². The summed E-state index contributed by atoms with van der Waals surface area (Å²) in [5, 5.41) is 1.75. The highest BCUT2D eigenvalue weighted by atomic mass is 35.5. The molecule has 1 atom stereocenters. The van der Waals surface area contributed by atoms with Crippen LogP contribution in [0.15, 0.2) is 11.4 Å². The van der Waals surface area contributed by atoms with Crippen LogP contribution in [0.2, 0.25) is 4.34 Å². The van der Waals surface area contributed by atoms with Crippen LogP contribution in [0.5, 0.6) is 5.75 Å². The summed E-state index contributed by atoms with van der Waals surface area (Å²) in [4.78, 5) is 11.2. The SMILES string of the molecule is CO[PH](=O)OCC(=O)COc1ccsc1Cl. The van der Waals surface area contributed by atoms with Crippen molar-refractivity contribution in [3.8, 4) is 5.75 Å². The molecule has 1 unspecified atom stereocenters. The predicted octanol–water partition coefficient (Wildman–Crippen LogP) is 2.40. The number of carbonyl (C=O) groups excluding carboxylic acids is 1. The van der Waals surface area contributed by atoms with Crippen molar-refractivity contribution in [2.75, 3.05) is 20.3 Å². The number of thiophene rings is 1. The monoisotopic (exact) mass is 284 g/mol. The Morgan fingerprint density at radius 1 is 1.56 bits per heavy atom. The van der Waals surface area contributed by atoms with Crippen molar-refractivity contribution in [1.82, 2.24) is 0 Å². The summed E-state index contributed by atoms with van der Waals surface area (Å²) in [5.74, 6) is 0.122. The van der Waals surface area contributed by atoms with Gasteiger partial charge in [0.1, 0.15) is 23.3 Å². The van der Waals surface area contributed by atoms with Crippen molar-refractivity contribution in [1.29, 1.82) is 0 Å². The van der Waals surface area contributed by atoms with E-state index in [-0.39, 0.29) is 19.0 Å². The molecule has 0 aliphatic heterocycles. The largest absolute Gasteiger partial charge is 0.483 e. The quantitative estimate of drug-likeness (QED) is 0.720. The molecule has 0 spiro atoms. The first-order valence-corrected chi connectivity index (χ1v) is 6.70. The molecule has 1 aromatic rings. The molecule has 0 aromatic carbocycles. The van der Waals surface area contributed by atoms with E-state index in [1.165, 1.54) is 18.4 Å². The van der Waals surface area contributed by atoms with E-state index in [2.05, 4.69) is 9.05 Å². The zero-order chi connectivity index (χ0) is 12.0. The highest BCUT2D eigenvalue weighted by Gasteiger charge is 2.08. The molecule has 0 aliphatic rings. The summed E-state index contributed by atoms with van der Waals surface area (Å²) in [6.07, 6.45) is 0. The Bertz CT molecular complexity index is 380. The molecule has 0 radical (unpaired) electrons. The molecule has 16 heavy (non-hydrogen) atoms. The van der Waals surface area contributed by atoms with Gasteiger partial charge in [-0.3, -0.25) is 9.36 Å². The number of ether oxygens (including phenoxy) is 1. The van der Waals surface area contributed by atoms with Crippen LogP contribution < -0.4 is 4.74 Å². The maximum Gasteiger partial charge on any atom is 0.319 e. The number of ketones is 1. The van der Waals surface area contributed by atoms with E-state index >= 15 is 0 Å². The second-order valence-electron chi connectivity index (χ2n) is 2.63. The van der Waals surface area contributed by atoms with E-state index < -0.39 is 8.25 Å². The fourth-order valence-electron chi connectivity index (χ4n) is 0.782. The number of hydrogen-bond acceptors (Lipinski definition) is 6. The van der Waals surface area contributed by atoms with Crippen LogP contribution in [0.25, 0.3) is 0 Å². The smallest absolute Gasteiger partial charge is 0.319 e. The summed E-state index contributed by atoms with van der Waals surface area (Å²) >= 11 is 7.07. The molecule has 0 aliphatic carbocycles. The van der Waals surface area contributed by atoms with Crippen molar-refractivity contribution < 1.29 is 23.1 Å². The summed E-state index contributed by atoms with van der Waals surface area (Å²) in [6.45, 7) is -0.470. The van der Waals surface area contributed by atoms with Crippen LogP contribution in [0, 0.1) is 0 Å². The summed E-state index contributed by atoms with van der Waals surface area (Å²) in [5.41, 5.74) is 0.